The molecule has 2 aromatic carbocycles. The van der Waals surface area contributed by atoms with Crippen molar-refractivity contribution in [2.75, 3.05) is 0 Å². The molecule has 0 aliphatic heterocycles. The number of hydrogen-bond acceptors (Lipinski definition) is 1. The molecule has 92 valence electrons. The number of carbonyl (C=O) groups is 1. The number of aryl methyl sites for hydroxylation is 1. The fourth-order valence-corrected chi connectivity index (χ4v) is 1.80. The molecule has 0 aromatic heterocycles. The Morgan fingerprint density at radius 2 is 1.67 bits per heavy atom. The van der Waals surface area contributed by atoms with Gasteiger partial charge in [-0.25, -0.2) is 8.78 Å². The van der Waals surface area contributed by atoms with Gasteiger partial charge in [-0.3, -0.25) is 4.79 Å². The minimum atomic E-state index is -0.733. The van der Waals surface area contributed by atoms with Gasteiger partial charge < -0.3 is 0 Å². The van der Waals surface area contributed by atoms with Crippen LogP contribution in [0.5, 0.6) is 0 Å². The Kier molecular flexibility index (Phi) is 3.51. The Labute approximate surface area is 104 Å². The van der Waals surface area contributed by atoms with Crippen molar-refractivity contribution < 1.29 is 13.6 Å². The van der Waals surface area contributed by atoms with E-state index < -0.39 is 11.6 Å². The van der Waals surface area contributed by atoms with Crippen LogP contribution in [0.3, 0.4) is 0 Å². The molecule has 18 heavy (non-hydrogen) atoms. The van der Waals surface area contributed by atoms with E-state index in [-0.39, 0.29) is 17.8 Å². The molecule has 2 aromatic rings. The molecule has 0 radical (unpaired) electrons. The highest BCUT2D eigenvalue weighted by Gasteiger charge is 2.11. The number of Topliss-reactive ketones (excluding diaryl/α,β-unsaturated/α-hetero) is 1. The third kappa shape index (κ3) is 2.80. The third-order valence-corrected chi connectivity index (χ3v) is 2.80. The van der Waals surface area contributed by atoms with Crippen molar-refractivity contribution in [3.63, 3.8) is 0 Å². The molecule has 0 spiro atoms. The Bertz CT molecular complexity index is 571. The van der Waals surface area contributed by atoms with E-state index in [9.17, 15) is 13.6 Å². The lowest BCUT2D eigenvalue weighted by Gasteiger charge is -2.05. The van der Waals surface area contributed by atoms with Crippen LogP contribution in [0.1, 0.15) is 21.5 Å². The summed E-state index contributed by atoms with van der Waals surface area (Å²) in [5, 5.41) is 0. The first-order valence-electron chi connectivity index (χ1n) is 5.60. The van der Waals surface area contributed by atoms with E-state index in [0.29, 0.717) is 0 Å². The maximum atomic E-state index is 13.0. The van der Waals surface area contributed by atoms with Gasteiger partial charge in [-0.1, -0.05) is 24.3 Å². The summed E-state index contributed by atoms with van der Waals surface area (Å²) in [6.45, 7) is 1.90. The summed E-state index contributed by atoms with van der Waals surface area (Å²) in [6, 6.07) is 10.3. The first-order valence-corrected chi connectivity index (χ1v) is 5.60. The van der Waals surface area contributed by atoms with E-state index in [0.717, 1.165) is 29.3 Å². The minimum absolute atomic E-state index is 0.0655. The van der Waals surface area contributed by atoms with Crippen molar-refractivity contribution in [1.82, 2.24) is 0 Å². The van der Waals surface area contributed by atoms with Crippen molar-refractivity contribution in [3.8, 4) is 0 Å². The largest absolute Gasteiger partial charge is 0.294 e. The van der Waals surface area contributed by atoms with Crippen LogP contribution in [0.4, 0.5) is 8.78 Å². The number of ketones is 1. The highest BCUT2D eigenvalue weighted by molar-refractivity contribution is 5.97. The lowest BCUT2D eigenvalue weighted by molar-refractivity contribution is 0.0992. The van der Waals surface area contributed by atoms with Crippen LogP contribution >= 0.6 is 0 Å². The summed E-state index contributed by atoms with van der Waals surface area (Å²) in [6.07, 6.45) is 0.148. The molecule has 2 rings (SSSR count). The highest BCUT2D eigenvalue weighted by atomic mass is 19.1. The van der Waals surface area contributed by atoms with E-state index in [1.807, 2.05) is 31.2 Å². The molecule has 0 atom stereocenters. The Hall–Kier alpha value is -2.03. The maximum absolute atomic E-state index is 13.0. The van der Waals surface area contributed by atoms with Crippen LogP contribution < -0.4 is 0 Å². The first-order chi connectivity index (χ1) is 8.56. The Balaban J connectivity index is 2.25. The van der Waals surface area contributed by atoms with Gasteiger partial charge in [-0.05, 0) is 30.2 Å². The van der Waals surface area contributed by atoms with E-state index >= 15 is 0 Å². The van der Waals surface area contributed by atoms with Crippen molar-refractivity contribution in [1.29, 1.82) is 0 Å². The third-order valence-electron chi connectivity index (χ3n) is 2.80. The summed E-state index contributed by atoms with van der Waals surface area (Å²) >= 11 is 0. The molecular formula is C15H12F2O. The quantitative estimate of drug-likeness (QED) is 0.755. The number of halogens is 2. The summed E-state index contributed by atoms with van der Waals surface area (Å²) in [5.41, 5.74) is 1.92. The van der Waals surface area contributed by atoms with E-state index in [2.05, 4.69) is 0 Å². The molecule has 0 saturated carbocycles. The second-order valence-corrected chi connectivity index (χ2v) is 4.18. The zero-order valence-corrected chi connectivity index (χ0v) is 9.91. The molecule has 0 saturated heterocycles. The highest BCUT2D eigenvalue weighted by Crippen LogP contribution is 2.14. The molecule has 0 unspecified atom stereocenters. The van der Waals surface area contributed by atoms with Crippen LogP contribution in [0.2, 0.25) is 0 Å². The Morgan fingerprint density at radius 3 is 2.28 bits per heavy atom. The van der Waals surface area contributed by atoms with Crippen LogP contribution in [-0.2, 0) is 6.42 Å². The van der Waals surface area contributed by atoms with Crippen LogP contribution in [0.15, 0.2) is 42.5 Å². The van der Waals surface area contributed by atoms with E-state index in [4.69, 9.17) is 0 Å². The van der Waals surface area contributed by atoms with Crippen LogP contribution in [0, 0.1) is 18.6 Å². The Morgan fingerprint density at radius 1 is 1.06 bits per heavy atom. The van der Waals surface area contributed by atoms with Gasteiger partial charge in [0.15, 0.2) is 5.78 Å². The predicted molar refractivity (Wildman–Crippen MR) is 65.6 cm³/mol. The van der Waals surface area contributed by atoms with Crippen molar-refractivity contribution in [2.24, 2.45) is 0 Å². The molecule has 0 bridgehead atoms. The average Bonchev–Trinajstić information content (AvgIpc) is 2.31. The van der Waals surface area contributed by atoms with Crippen molar-refractivity contribution in [3.05, 3.63) is 70.8 Å². The summed E-state index contributed by atoms with van der Waals surface area (Å²) in [4.78, 5) is 11.9. The first kappa shape index (κ1) is 12.4. The molecule has 0 amide bonds. The van der Waals surface area contributed by atoms with Gasteiger partial charge in [0.1, 0.15) is 11.6 Å². The zero-order chi connectivity index (χ0) is 13.1. The molecule has 0 aliphatic carbocycles. The normalized spacial score (nSPS) is 10.4. The number of benzene rings is 2. The van der Waals surface area contributed by atoms with Gasteiger partial charge in [-0.2, -0.15) is 0 Å². The van der Waals surface area contributed by atoms with E-state index in [1.54, 1.807) is 0 Å². The molecule has 0 heterocycles. The number of rotatable bonds is 3. The topological polar surface area (TPSA) is 17.1 Å². The predicted octanol–water partition coefficient (Wildman–Crippen LogP) is 3.70. The molecule has 0 aliphatic rings. The van der Waals surface area contributed by atoms with Gasteiger partial charge in [0.2, 0.25) is 0 Å². The van der Waals surface area contributed by atoms with Crippen LogP contribution in [-0.4, -0.2) is 5.78 Å². The second kappa shape index (κ2) is 5.08. The van der Waals surface area contributed by atoms with E-state index in [1.165, 1.54) is 0 Å². The average molecular weight is 246 g/mol. The minimum Gasteiger partial charge on any atom is -0.294 e. The SMILES string of the molecule is Cc1ccccc1CC(=O)c1cc(F)cc(F)c1. The molecular weight excluding hydrogens is 234 g/mol. The maximum Gasteiger partial charge on any atom is 0.167 e. The van der Waals surface area contributed by atoms with Gasteiger partial charge in [0.05, 0.1) is 0 Å². The second-order valence-electron chi connectivity index (χ2n) is 4.18. The van der Waals surface area contributed by atoms with Crippen molar-refractivity contribution >= 4 is 5.78 Å². The molecule has 0 N–H and O–H groups in total. The summed E-state index contributed by atoms with van der Waals surface area (Å²) < 4.78 is 26.0. The molecule has 0 fully saturated rings. The number of hydrogen-bond donors (Lipinski definition) is 0. The number of carbonyl (C=O) groups excluding carboxylic acids is 1. The van der Waals surface area contributed by atoms with Crippen LogP contribution in [0.25, 0.3) is 0 Å². The van der Waals surface area contributed by atoms with Gasteiger partial charge in [-0.15, -0.1) is 0 Å². The summed E-state index contributed by atoms with van der Waals surface area (Å²) in [7, 11) is 0. The van der Waals surface area contributed by atoms with Crippen molar-refractivity contribution in [2.45, 2.75) is 13.3 Å². The summed E-state index contributed by atoms with van der Waals surface area (Å²) in [5.74, 6) is -1.76. The van der Waals surface area contributed by atoms with Gasteiger partial charge in [0, 0.05) is 18.1 Å². The van der Waals surface area contributed by atoms with Gasteiger partial charge in [0.25, 0.3) is 0 Å². The fourth-order valence-electron chi connectivity index (χ4n) is 1.80. The zero-order valence-electron chi connectivity index (χ0n) is 9.91. The lowest BCUT2D eigenvalue weighted by atomic mass is 9.99. The standard InChI is InChI=1S/C15H12F2O/c1-10-4-2-3-5-11(10)8-15(18)12-6-13(16)9-14(17)7-12/h2-7,9H,8H2,1H3. The molecule has 3 heteroatoms. The smallest absolute Gasteiger partial charge is 0.167 e. The molecule has 1 nitrogen and oxygen atoms in total. The lowest BCUT2D eigenvalue weighted by Crippen LogP contribution is -2.05. The fraction of sp³-hybridized carbons (Fsp3) is 0.133. The van der Waals surface area contributed by atoms with Gasteiger partial charge >= 0.3 is 0 Å². The monoisotopic (exact) mass is 246 g/mol.